The third kappa shape index (κ3) is 8.50. The van der Waals surface area contributed by atoms with Gasteiger partial charge in [-0.15, -0.1) is 0 Å². The van der Waals surface area contributed by atoms with E-state index in [0.717, 1.165) is 0 Å². The highest BCUT2D eigenvalue weighted by atomic mass is 14.1. The molecule has 50 heavy (non-hydrogen) atoms. The number of hydrogen-bond donors (Lipinski definition) is 0. The molecule has 0 unspecified atom stereocenters. The van der Waals surface area contributed by atoms with Gasteiger partial charge in [-0.3, -0.25) is 0 Å². The van der Waals surface area contributed by atoms with Gasteiger partial charge in [0.15, 0.2) is 0 Å². The third-order valence-electron chi connectivity index (χ3n) is 8.68. The van der Waals surface area contributed by atoms with Gasteiger partial charge < -0.3 is 0 Å². The van der Waals surface area contributed by atoms with E-state index in [4.69, 9.17) is 0 Å². The average molecular weight is 639 g/mol. The maximum atomic E-state index is 2.27. The summed E-state index contributed by atoms with van der Waals surface area (Å²) in [5.74, 6) is 0. The summed E-state index contributed by atoms with van der Waals surface area (Å²) in [6.45, 7) is 0. The summed E-state index contributed by atoms with van der Waals surface area (Å²) in [6.07, 6.45) is 13.3. The normalized spacial score (nSPS) is 11.0. The van der Waals surface area contributed by atoms with Gasteiger partial charge in [-0.25, -0.2) is 0 Å². The first kappa shape index (κ1) is 32.1. The van der Waals surface area contributed by atoms with Crippen LogP contribution in [0.4, 0.5) is 0 Å². The minimum atomic E-state index is 1.17. The first-order chi connectivity index (χ1) is 24.8. The van der Waals surface area contributed by atoms with Crippen molar-refractivity contribution in [1.82, 2.24) is 0 Å². The summed E-state index contributed by atoms with van der Waals surface area (Å²) in [5.41, 5.74) is 14.3. The van der Waals surface area contributed by atoms with Crippen LogP contribution >= 0.6 is 0 Å². The van der Waals surface area contributed by atoms with E-state index in [0.29, 0.717) is 0 Å². The average Bonchev–Trinajstić information content (AvgIpc) is 3.20. The predicted octanol–water partition coefficient (Wildman–Crippen LogP) is 13.2. The van der Waals surface area contributed by atoms with Crippen molar-refractivity contribution in [2.24, 2.45) is 0 Å². The van der Waals surface area contributed by atoms with Gasteiger partial charge in [-0.1, -0.05) is 212 Å². The third-order valence-corrected chi connectivity index (χ3v) is 8.68. The van der Waals surface area contributed by atoms with Crippen LogP contribution in [0.15, 0.2) is 194 Å². The molecule has 0 fully saturated rings. The van der Waals surface area contributed by atoms with E-state index in [9.17, 15) is 0 Å². The molecular weight excluding hydrogens is 601 g/mol. The van der Waals surface area contributed by atoms with E-state index in [2.05, 4.69) is 231 Å². The molecule has 0 heterocycles. The van der Waals surface area contributed by atoms with E-state index in [1.807, 2.05) is 0 Å². The molecule has 0 saturated heterocycles. The molecule has 0 heteroatoms. The first-order valence-corrected chi connectivity index (χ1v) is 17.1. The van der Waals surface area contributed by atoms with Crippen molar-refractivity contribution in [3.05, 3.63) is 250 Å². The summed E-state index contributed by atoms with van der Waals surface area (Å²) in [7, 11) is 0. The Morgan fingerprint density at radius 1 is 0.240 bits per heavy atom. The quantitative estimate of drug-likeness (QED) is 0.131. The minimum absolute atomic E-state index is 1.17. The SMILES string of the molecule is C(=Cc1cccc(C=Cc2ccc(C=C(c3ccccc3)c3ccccc3)cc2)c1)c1ccc(C=C(c2ccccc2)c2ccccc2)cc1. The Bertz CT molecular complexity index is 1990. The van der Waals surface area contributed by atoms with Crippen LogP contribution in [0.2, 0.25) is 0 Å². The fraction of sp³-hybridized carbons (Fsp3) is 0. The Hall–Kier alpha value is -6.50. The zero-order valence-electron chi connectivity index (χ0n) is 27.9. The number of rotatable bonds is 10. The molecule has 0 aliphatic heterocycles. The molecule has 0 N–H and O–H groups in total. The van der Waals surface area contributed by atoms with Crippen LogP contribution in [0, 0.1) is 0 Å². The van der Waals surface area contributed by atoms with Crippen molar-refractivity contribution >= 4 is 47.6 Å². The van der Waals surface area contributed by atoms with Gasteiger partial charge in [0.2, 0.25) is 0 Å². The van der Waals surface area contributed by atoms with Crippen molar-refractivity contribution in [3.63, 3.8) is 0 Å². The molecule has 0 saturated carbocycles. The second-order valence-corrected chi connectivity index (χ2v) is 12.3. The van der Waals surface area contributed by atoms with Gasteiger partial charge in [0.05, 0.1) is 0 Å². The summed E-state index contributed by atoms with van der Waals surface area (Å²) < 4.78 is 0. The summed E-state index contributed by atoms with van der Waals surface area (Å²) in [6, 6.07) is 68.5. The summed E-state index contributed by atoms with van der Waals surface area (Å²) >= 11 is 0. The molecule has 0 bridgehead atoms. The van der Waals surface area contributed by atoms with Crippen LogP contribution in [0.25, 0.3) is 47.6 Å². The molecule has 0 aliphatic rings. The lowest BCUT2D eigenvalue weighted by molar-refractivity contribution is 1.55. The molecule has 7 aromatic rings. The summed E-state index contributed by atoms with van der Waals surface area (Å²) in [5, 5.41) is 0. The van der Waals surface area contributed by atoms with Gasteiger partial charge in [0, 0.05) is 0 Å². The van der Waals surface area contributed by atoms with Crippen molar-refractivity contribution in [1.29, 1.82) is 0 Å². The molecule has 0 spiro atoms. The number of benzene rings is 7. The van der Waals surface area contributed by atoms with Crippen LogP contribution in [-0.4, -0.2) is 0 Å². The van der Waals surface area contributed by atoms with Crippen LogP contribution in [0.5, 0.6) is 0 Å². The molecule has 0 nitrogen and oxygen atoms in total. The topological polar surface area (TPSA) is 0 Å². The molecule has 238 valence electrons. The van der Waals surface area contributed by atoms with Gasteiger partial charge in [-0.2, -0.15) is 0 Å². The first-order valence-electron chi connectivity index (χ1n) is 17.1. The van der Waals surface area contributed by atoms with Gasteiger partial charge in [0.25, 0.3) is 0 Å². The Balaban J connectivity index is 1.03. The Morgan fingerprint density at radius 3 is 0.840 bits per heavy atom. The fourth-order valence-electron chi connectivity index (χ4n) is 6.03. The molecule has 0 radical (unpaired) electrons. The second-order valence-electron chi connectivity index (χ2n) is 12.3. The van der Waals surface area contributed by atoms with E-state index in [1.165, 1.54) is 66.8 Å². The Kier molecular flexibility index (Phi) is 10.3. The zero-order chi connectivity index (χ0) is 33.8. The highest BCUT2D eigenvalue weighted by Crippen LogP contribution is 2.28. The molecule has 7 aromatic carbocycles. The van der Waals surface area contributed by atoms with E-state index in [-0.39, 0.29) is 0 Å². The largest absolute Gasteiger partial charge is 0.0622 e. The van der Waals surface area contributed by atoms with E-state index >= 15 is 0 Å². The molecule has 0 aromatic heterocycles. The van der Waals surface area contributed by atoms with Crippen LogP contribution in [0.3, 0.4) is 0 Å². The van der Waals surface area contributed by atoms with Gasteiger partial charge >= 0.3 is 0 Å². The molecule has 0 atom stereocenters. The van der Waals surface area contributed by atoms with Gasteiger partial charge in [-0.05, 0) is 85.0 Å². The van der Waals surface area contributed by atoms with Crippen LogP contribution in [0.1, 0.15) is 55.6 Å². The van der Waals surface area contributed by atoms with Gasteiger partial charge in [0.1, 0.15) is 0 Å². The highest BCUT2D eigenvalue weighted by Gasteiger charge is 2.06. The maximum absolute atomic E-state index is 2.27. The smallest absolute Gasteiger partial charge is 0.0105 e. The Morgan fingerprint density at radius 2 is 0.520 bits per heavy atom. The summed E-state index contributed by atoms with van der Waals surface area (Å²) in [4.78, 5) is 0. The molecule has 0 aliphatic carbocycles. The van der Waals surface area contributed by atoms with Crippen LogP contribution in [-0.2, 0) is 0 Å². The highest BCUT2D eigenvalue weighted by molar-refractivity contribution is 5.92. The molecular formula is C50H38. The lowest BCUT2D eigenvalue weighted by Gasteiger charge is -2.09. The van der Waals surface area contributed by atoms with E-state index in [1.54, 1.807) is 0 Å². The molecule has 7 rings (SSSR count). The monoisotopic (exact) mass is 638 g/mol. The van der Waals surface area contributed by atoms with Crippen molar-refractivity contribution < 1.29 is 0 Å². The fourth-order valence-corrected chi connectivity index (χ4v) is 6.03. The van der Waals surface area contributed by atoms with Crippen molar-refractivity contribution in [3.8, 4) is 0 Å². The zero-order valence-corrected chi connectivity index (χ0v) is 27.9. The van der Waals surface area contributed by atoms with E-state index < -0.39 is 0 Å². The maximum Gasteiger partial charge on any atom is -0.0105 e. The lowest BCUT2D eigenvalue weighted by atomic mass is 9.95. The number of hydrogen-bond acceptors (Lipinski definition) is 0. The van der Waals surface area contributed by atoms with Crippen molar-refractivity contribution in [2.45, 2.75) is 0 Å². The minimum Gasteiger partial charge on any atom is -0.0622 e. The van der Waals surface area contributed by atoms with Crippen LogP contribution < -0.4 is 0 Å². The standard InChI is InChI=1S/C50H38/c1-5-16-45(17-6-1)49(46-18-7-2-8-19-46)37-43-32-26-39(27-33-43)24-30-41-14-13-15-42(36-41)31-25-40-28-34-44(35-29-40)38-50(47-20-9-3-10-21-47)48-22-11-4-12-23-48/h1-38H. The Labute approximate surface area is 296 Å². The predicted molar refractivity (Wildman–Crippen MR) is 217 cm³/mol. The molecule has 0 amide bonds. The van der Waals surface area contributed by atoms with Crippen molar-refractivity contribution in [2.75, 3.05) is 0 Å². The lowest BCUT2D eigenvalue weighted by Crippen LogP contribution is -1.88. The second kappa shape index (κ2) is 16.1.